The van der Waals surface area contributed by atoms with Gasteiger partial charge in [0, 0.05) is 37.3 Å². The van der Waals surface area contributed by atoms with Crippen LogP contribution in [-0.4, -0.2) is 27.7 Å². The van der Waals surface area contributed by atoms with Crippen LogP contribution in [0.15, 0.2) is 103 Å². The third-order valence-electron chi connectivity index (χ3n) is 7.42. The van der Waals surface area contributed by atoms with Crippen molar-refractivity contribution in [3.63, 3.8) is 0 Å². The molecule has 4 aromatic carbocycles. The predicted octanol–water partition coefficient (Wildman–Crippen LogP) is 9.56. The van der Waals surface area contributed by atoms with E-state index >= 15 is 0 Å². The Kier molecular flexibility index (Phi) is 11.0. The summed E-state index contributed by atoms with van der Waals surface area (Å²) >= 11 is 0. The van der Waals surface area contributed by atoms with Crippen molar-refractivity contribution in [2.75, 3.05) is 0 Å². The molecule has 0 aliphatic rings. The van der Waals surface area contributed by atoms with Crippen molar-refractivity contribution >= 4 is 0 Å². The maximum Gasteiger partial charge on any atom is 0.387 e. The van der Waals surface area contributed by atoms with E-state index in [1.807, 2.05) is 36.4 Å². The molecule has 5 aromatic rings. The molecule has 0 radical (unpaired) electrons. The molecule has 240 valence electrons. The fraction of sp³-hybridized carbons (Fsp3) is 0.250. The van der Waals surface area contributed by atoms with Crippen LogP contribution in [0.4, 0.5) is 22.0 Å². The number of benzene rings is 4. The normalized spacial score (nSPS) is 11.5. The van der Waals surface area contributed by atoms with E-state index in [1.165, 1.54) is 36.4 Å². The van der Waals surface area contributed by atoms with Gasteiger partial charge in [0.2, 0.25) is 0 Å². The molecule has 1 aromatic heterocycles. The summed E-state index contributed by atoms with van der Waals surface area (Å²) in [5.74, 6) is 0.504. The molecule has 0 N–H and O–H groups in total. The van der Waals surface area contributed by atoms with Gasteiger partial charge in [0.25, 0.3) is 0 Å². The summed E-state index contributed by atoms with van der Waals surface area (Å²) < 4.78 is 76.8. The van der Waals surface area contributed by atoms with E-state index in [2.05, 4.69) is 25.9 Å². The third kappa shape index (κ3) is 8.72. The molecule has 0 saturated carbocycles. The van der Waals surface area contributed by atoms with Crippen LogP contribution < -0.4 is 9.47 Å². The van der Waals surface area contributed by atoms with Crippen LogP contribution in [0.25, 0.3) is 22.6 Å². The van der Waals surface area contributed by atoms with Gasteiger partial charge in [0.15, 0.2) is 0 Å². The third-order valence-corrected chi connectivity index (χ3v) is 7.42. The summed E-state index contributed by atoms with van der Waals surface area (Å²) in [4.78, 5) is 7.23. The zero-order valence-corrected chi connectivity index (χ0v) is 25.3. The van der Waals surface area contributed by atoms with Crippen LogP contribution in [0, 0.1) is 5.82 Å². The van der Waals surface area contributed by atoms with E-state index in [9.17, 15) is 22.0 Å². The smallest absolute Gasteiger partial charge is 0.387 e. The van der Waals surface area contributed by atoms with Gasteiger partial charge in [-0.05, 0) is 53.9 Å². The van der Waals surface area contributed by atoms with Crippen LogP contribution in [0.3, 0.4) is 0 Å². The molecular weight excluding hydrogens is 601 g/mol. The molecule has 0 aliphatic heterocycles. The molecule has 0 amide bonds. The topological polar surface area (TPSA) is 39.5 Å². The average molecular weight is 636 g/mol. The number of nitrogens with zero attached hydrogens (tertiary/aromatic N) is 3. The number of unbranched alkanes of at least 4 members (excludes halogenated alkanes) is 1. The highest BCUT2D eigenvalue weighted by atomic mass is 19.3. The first-order valence-corrected chi connectivity index (χ1v) is 15.0. The van der Waals surface area contributed by atoms with Crippen molar-refractivity contribution in [1.82, 2.24) is 14.5 Å². The van der Waals surface area contributed by atoms with Crippen LogP contribution >= 0.6 is 0 Å². The highest BCUT2D eigenvalue weighted by Gasteiger charge is 2.23. The lowest BCUT2D eigenvalue weighted by atomic mass is 10.1. The summed E-state index contributed by atoms with van der Waals surface area (Å²) in [6.45, 7) is -1.85. The van der Waals surface area contributed by atoms with Gasteiger partial charge in [0.1, 0.15) is 23.1 Å². The van der Waals surface area contributed by atoms with Gasteiger partial charge >= 0.3 is 13.2 Å². The van der Waals surface area contributed by atoms with Crippen LogP contribution in [0.2, 0.25) is 0 Å². The first kappa shape index (κ1) is 32.7. The van der Waals surface area contributed by atoms with Crippen LogP contribution in [-0.2, 0) is 26.2 Å². The second-order valence-corrected chi connectivity index (χ2v) is 10.8. The molecule has 5 rings (SSSR count). The molecule has 0 aliphatic carbocycles. The molecule has 10 heteroatoms. The van der Waals surface area contributed by atoms with Gasteiger partial charge in [-0.2, -0.15) is 17.6 Å². The van der Waals surface area contributed by atoms with Crippen LogP contribution in [0.5, 0.6) is 11.5 Å². The van der Waals surface area contributed by atoms with Crippen molar-refractivity contribution < 1.29 is 31.4 Å². The summed E-state index contributed by atoms with van der Waals surface area (Å²) in [5.41, 5.74) is 4.79. The number of alkyl halides is 4. The molecule has 46 heavy (non-hydrogen) atoms. The van der Waals surface area contributed by atoms with E-state index in [-0.39, 0.29) is 17.3 Å². The minimum atomic E-state index is -2.93. The number of ether oxygens (including phenoxy) is 2. The number of rotatable bonds is 15. The number of hydrogen-bond acceptors (Lipinski definition) is 4. The Hall–Kier alpha value is -4.70. The monoisotopic (exact) mass is 635 g/mol. The standard InChI is InChI=1S/C36H34F5N3O2/c1-2-3-20-44-32(33(28-10-7-11-29(37)21-28)42-34(44)27-8-5-4-6-9-27)24-43(22-25-12-16-30(17-13-25)45-35(38)39)23-26-14-18-31(19-15-26)46-36(40)41/h4-19,21,35-36H,2-3,20,22-24H2,1H3. The second-order valence-electron chi connectivity index (χ2n) is 10.8. The minimum absolute atomic E-state index is 0.0541. The fourth-order valence-electron chi connectivity index (χ4n) is 5.33. The molecule has 1 heterocycles. The molecule has 0 saturated heterocycles. The van der Waals surface area contributed by atoms with Crippen molar-refractivity contribution in [2.45, 2.75) is 59.2 Å². The lowest BCUT2D eigenvalue weighted by molar-refractivity contribution is -0.0505. The SMILES string of the molecule is CCCCn1c(-c2ccccc2)nc(-c2cccc(F)c2)c1CN(Cc1ccc(OC(F)F)cc1)Cc1ccc(OC(F)F)cc1. The summed E-state index contributed by atoms with van der Waals surface area (Å²) in [7, 11) is 0. The summed E-state index contributed by atoms with van der Waals surface area (Å²) in [6, 6.07) is 29.1. The van der Waals surface area contributed by atoms with E-state index in [0.29, 0.717) is 37.4 Å². The Labute approximate surface area is 264 Å². The van der Waals surface area contributed by atoms with Crippen molar-refractivity contribution in [3.05, 3.63) is 126 Å². The number of hydrogen-bond donors (Lipinski definition) is 0. The van der Waals surface area contributed by atoms with Crippen LogP contribution in [0.1, 0.15) is 36.6 Å². The van der Waals surface area contributed by atoms with Crippen molar-refractivity contribution in [1.29, 1.82) is 0 Å². The molecule has 0 atom stereocenters. The predicted molar refractivity (Wildman–Crippen MR) is 167 cm³/mol. The first-order valence-electron chi connectivity index (χ1n) is 15.0. The second kappa shape index (κ2) is 15.5. The van der Waals surface area contributed by atoms with E-state index < -0.39 is 13.2 Å². The summed E-state index contributed by atoms with van der Waals surface area (Å²) in [5, 5.41) is 0. The average Bonchev–Trinajstić information content (AvgIpc) is 3.39. The Balaban J connectivity index is 1.57. The lowest BCUT2D eigenvalue weighted by Crippen LogP contribution is -2.24. The Bertz CT molecular complexity index is 1620. The van der Waals surface area contributed by atoms with E-state index in [4.69, 9.17) is 4.98 Å². The Morgan fingerprint density at radius 2 is 1.26 bits per heavy atom. The van der Waals surface area contributed by atoms with Gasteiger partial charge in [-0.25, -0.2) is 9.37 Å². The molecule has 5 nitrogen and oxygen atoms in total. The van der Waals surface area contributed by atoms with Gasteiger partial charge < -0.3 is 14.0 Å². The maximum atomic E-state index is 14.5. The number of halogens is 5. The zero-order valence-electron chi connectivity index (χ0n) is 25.3. The minimum Gasteiger partial charge on any atom is -0.435 e. The van der Waals surface area contributed by atoms with Gasteiger partial charge in [0.05, 0.1) is 11.4 Å². The largest absolute Gasteiger partial charge is 0.435 e. The molecule has 0 bridgehead atoms. The lowest BCUT2D eigenvalue weighted by Gasteiger charge is -2.25. The van der Waals surface area contributed by atoms with Crippen molar-refractivity contribution in [2.24, 2.45) is 0 Å². The van der Waals surface area contributed by atoms with Gasteiger partial charge in [-0.1, -0.05) is 80.1 Å². The zero-order chi connectivity index (χ0) is 32.5. The van der Waals surface area contributed by atoms with E-state index in [1.54, 1.807) is 30.3 Å². The first-order chi connectivity index (χ1) is 22.3. The van der Waals surface area contributed by atoms with Crippen molar-refractivity contribution in [3.8, 4) is 34.1 Å². The number of imidazole rings is 1. The molecular formula is C36H34F5N3O2. The number of aromatic nitrogens is 2. The highest BCUT2D eigenvalue weighted by molar-refractivity contribution is 5.68. The Morgan fingerprint density at radius 3 is 1.78 bits per heavy atom. The molecule has 0 fully saturated rings. The Morgan fingerprint density at radius 1 is 0.696 bits per heavy atom. The quantitative estimate of drug-likeness (QED) is 0.107. The van der Waals surface area contributed by atoms with Gasteiger partial charge in [-0.3, -0.25) is 4.90 Å². The summed E-state index contributed by atoms with van der Waals surface area (Å²) in [6.07, 6.45) is 1.84. The highest BCUT2D eigenvalue weighted by Crippen LogP contribution is 2.32. The fourth-order valence-corrected chi connectivity index (χ4v) is 5.33. The maximum absolute atomic E-state index is 14.5. The molecule has 0 spiro atoms. The van der Waals surface area contributed by atoms with E-state index in [0.717, 1.165) is 41.1 Å². The van der Waals surface area contributed by atoms with Gasteiger partial charge in [-0.15, -0.1) is 0 Å². The molecule has 0 unspecified atom stereocenters.